The van der Waals surface area contributed by atoms with E-state index in [9.17, 15) is 9.59 Å². The smallest absolute Gasteiger partial charge is 0.228 e. The van der Waals surface area contributed by atoms with Crippen LogP contribution in [-0.4, -0.2) is 91.6 Å². The molecule has 25 heavy (non-hydrogen) atoms. The molecule has 2 N–H and O–H groups in total. The number of morpholine rings is 1. The lowest BCUT2D eigenvalue weighted by Crippen LogP contribution is -2.48. The normalized spacial score (nSPS) is 27.6. The van der Waals surface area contributed by atoms with Crippen molar-refractivity contribution >= 4 is 36.6 Å². The Morgan fingerprint density at radius 2 is 1.84 bits per heavy atom. The van der Waals surface area contributed by atoms with Gasteiger partial charge in [-0.15, -0.1) is 24.8 Å². The molecule has 3 saturated heterocycles. The summed E-state index contributed by atoms with van der Waals surface area (Å²) in [4.78, 5) is 30.8. The molecule has 3 heterocycles. The molecule has 3 fully saturated rings. The maximum absolute atomic E-state index is 12.6. The molecule has 0 saturated carbocycles. The summed E-state index contributed by atoms with van der Waals surface area (Å²) in [5, 5.41) is 0. The number of rotatable bonds is 4. The molecule has 0 aromatic carbocycles. The predicted molar refractivity (Wildman–Crippen MR) is 100 cm³/mol. The van der Waals surface area contributed by atoms with Crippen molar-refractivity contribution in [2.45, 2.75) is 25.3 Å². The van der Waals surface area contributed by atoms with E-state index in [0.29, 0.717) is 26.1 Å². The van der Waals surface area contributed by atoms with Crippen molar-refractivity contribution in [2.24, 2.45) is 11.7 Å². The van der Waals surface area contributed by atoms with Crippen molar-refractivity contribution in [3.8, 4) is 0 Å². The second-order valence-corrected chi connectivity index (χ2v) is 6.88. The average Bonchev–Trinajstić information content (AvgIpc) is 2.94. The number of nitrogens with two attached hydrogens (primary N) is 1. The van der Waals surface area contributed by atoms with Crippen molar-refractivity contribution < 1.29 is 14.3 Å². The molecule has 2 unspecified atom stereocenters. The summed E-state index contributed by atoms with van der Waals surface area (Å²) in [6, 6.07) is 0.0854. The standard InChI is InChI=1S/C16H28N4O3.2ClH/c17-14-2-1-3-20(12-14)16(22)13-10-15(21)19(11-13)5-4-18-6-8-23-9-7-18;;/h13-14H,1-12,17H2;2*1H. The third kappa shape index (κ3) is 5.96. The van der Waals surface area contributed by atoms with Crippen molar-refractivity contribution in [1.29, 1.82) is 0 Å². The Kier molecular flexibility index (Phi) is 9.45. The first-order valence-electron chi connectivity index (χ1n) is 8.75. The Labute approximate surface area is 162 Å². The van der Waals surface area contributed by atoms with Crippen molar-refractivity contribution in [2.75, 3.05) is 59.0 Å². The number of likely N-dealkylation sites (tertiary alicyclic amines) is 2. The molecule has 9 heteroatoms. The van der Waals surface area contributed by atoms with E-state index in [2.05, 4.69) is 4.90 Å². The van der Waals surface area contributed by atoms with Crippen LogP contribution >= 0.6 is 24.8 Å². The zero-order chi connectivity index (χ0) is 16.2. The van der Waals surface area contributed by atoms with Crippen LogP contribution in [0.25, 0.3) is 0 Å². The summed E-state index contributed by atoms with van der Waals surface area (Å²) in [5.74, 6) is 0.0396. The van der Waals surface area contributed by atoms with Crippen LogP contribution in [0, 0.1) is 5.92 Å². The van der Waals surface area contributed by atoms with E-state index < -0.39 is 0 Å². The molecule has 0 bridgehead atoms. The molecule has 0 spiro atoms. The summed E-state index contributed by atoms with van der Waals surface area (Å²) in [7, 11) is 0. The third-order valence-electron chi connectivity index (χ3n) is 5.12. The molecule has 3 aliphatic rings. The van der Waals surface area contributed by atoms with Crippen LogP contribution in [0.15, 0.2) is 0 Å². The lowest BCUT2D eigenvalue weighted by atomic mass is 10.0. The summed E-state index contributed by atoms with van der Waals surface area (Å²) in [6.45, 7) is 6.95. The first-order chi connectivity index (χ1) is 11.1. The summed E-state index contributed by atoms with van der Waals surface area (Å²) in [6.07, 6.45) is 2.31. The minimum atomic E-state index is -0.183. The Morgan fingerprint density at radius 1 is 1.12 bits per heavy atom. The Bertz CT molecular complexity index is 449. The van der Waals surface area contributed by atoms with Gasteiger partial charge in [-0.1, -0.05) is 0 Å². The number of halogens is 2. The van der Waals surface area contributed by atoms with Gasteiger partial charge in [-0.05, 0) is 12.8 Å². The zero-order valence-corrected chi connectivity index (χ0v) is 16.2. The van der Waals surface area contributed by atoms with Crippen molar-refractivity contribution in [1.82, 2.24) is 14.7 Å². The predicted octanol–water partition coefficient (Wildman–Crippen LogP) is -0.0396. The Balaban J connectivity index is 0.00000156. The van der Waals surface area contributed by atoms with Crippen molar-refractivity contribution in [3.05, 3.63) is 0 Å². The molecular formula is C16H30Cl2N4O3. The highest BCUT2D eigenvalue weighted by atomic mass is 35.5. The number of piperidine rings is 1. The van der Waals surface area contributed by atoms with Crippen LogP contribution in [0.5, 0.6) is 0 Å². The van der Waals surface area contributed by atoms with Gasteiger partial charge >= 0.3 is 0 Å². The highest BCUT2D eigenvalue weighted by Gasteiger charge is 2.37. The lowest BCUT2D eigenvalue weighted by molar-refractivity contribution is -0.137. The molecule has 0 aliphatic carbocycles. The van der Waals surface area contributed by atoms with E-state index in [1.54, 1.807) is 0 Å². The quantitative estimate of drug-likeness (QED) is 0.720. The molecule has 146 valence electrons. The topological polar surface area (TPSA) is 79.1 Å². The third-order valence-corrected chi connectivity index (χ3v) is 5.12. The van der Waals surface area contributed by atoms with E-state index >= 15 is 0 Å². The van der Waals surface area contributed by atoms with Crippen LogP contribution < -0.4 is 5.73 Å². The largest absolute Gasteiger partial charge is 0.379 e. The van der Waals surface area contributed by atoms with Gasteiger partial charge in [0, 0.05) is 58.3 Å². The number of carbonyl (C=O) groups excluding carboxylic acids is 2. The average molecular weight is 397 g/mol. The summed E-state index contributed by atoms with van der Waals surface area (Å²) in [5.41, 5.74) is 5.96. The number of carbonyl (C=O) groups is 2. The second kappa shape index (κ2) is 10.5. The molecule has 7 nitrogen and oxygen atoms in total. The van der Waals surface area contributed by atoms with Crippen LogP contribution in [0.1, 0.15) is 19.3 Å². The maximum Gasteiger partial charge on any atom is 0.228 e. The first-order valence-corrected chi connectivity index (χ1v) is 8.75. The number of amides is 2. The van der Waals surface area contributed by atoms with Gasteiger partial charge in [0.15, 0.2) is 0 Å². The van der Waals surface area contributed by atoms with Crippen LogP contribution in [0.2, 0.25) is 0 Å². The van der Waals surface area contributed by atoms with Gasteiger partial charge in [0.2, 0.25) is 11.8 Å². The fourth-order valence-corrected chi connectivity index (χ4v) is 3.71. The van der Waals surface area contributed by atoms with Gasteiger partial charge in [0.25, 0.3) is 0 Å². The van der Waals surface area contributed by atoms with Gasteiger partial charge in [0.05, 0.1) is 19.1 Å². The maximum atomic E-state index is 12.6. The van der Waals surface area contributed by atoms with Crippen molar-refractivity contribution in [3.63, 3.8) is 0 Å². The fraction of sp³-hybridized carbons (Fsp3) is 0.875. The minimum absolute atomic E-state index is 0. The molecule has 0 radical (unpaired) electrons. The van der Waals surface area contributed by atoms with Gasteiger partial charge in [-0.25, -0.2) is 0 Å². The van der Waals surface area contributed by atoms with E-state index in [-0.39, 0.29) is 48.6 Å². The van der Waals surface area contributed by atoms with Gasteiger partial charge in [-0.3, -0.25) is 14.5 Å². The molecule has 2 atom stereocenters. The lowest BCUT2D eigenvalue weighted by Gasteiger charge is -2.32. The van der Waals surface area contributed by atoms with E-state index in [1.807, 2.05) is 9.80 Å². The number of ether oxygens (including phenoxy) is 1. The van der Waals surface area contributed by atoms with Crippen LogP contribution in [0.3, 0.4) is 0 Å². The second-order valence-electron chi connectivity index (χ2n) is 6.88. The number of nitrogens with zero attached hydrogens (tertiary/aromatic N) is 3. The van der Waals surface area contributed by atoms with Crippen LogP contribution in [0.4, 0.5) is 0 Å². The molecule has 3 rings (SSSR count). The first kappa shape index (κ1) is 22.4. The minimum Gasteiger partial charge on any atom is -0.379 e. The molecular weight excluding hydrogens is 367 g/mol. The molecule has 0 aromatic heterocycles. The SMILES string of the molecule is Cl.Cl.NC1CCCN(C(=O)C2CC(=O)N(CCN3CCOCC3)C2)C1. The molecule has 3 aliphatic heterocycles. The van der Waals surface area contributed by atoms with Gasteiger partial charge in [0.1, 0.15) is 0 Å². The monoisotopic (exact) mass is 396 g/mol. The van der Waals surface area contributed by atoms with E-state index in [1.165, 1.54) is 0 Å². The Morgan fingerprint density at radius 3 is 2.52 bits per heavy atom. The molecule has 2 amide bonds. The van der Waals surface area contributed by atoms with Gasteiger partial charge < -0.3 is 20.3 Å². The van der Waals surface area contributed by atoms with E-state index in [0.717, 1.165) is 52.2 Å². The Hall–Kier alpha value is -0.600. The zero-order valence-electron chi connectivity index (χ0n) is 14.6. The highest BCUT2D eigenvalue weighted by molar-refractivity contribution is 5.89. The molecule has 0 aromatic rings. The highest BCUT2D eigenvalue weighted by Crippen LogP contribution is 2.22. The summed E-state index contributed by atoms with van der Waals surface area (Å²) < 4.78 is 5.33. The number of hydrogen-bond acceptors (Lipinski definition) is 5. The van der Waals surface area contributed by atoms with Crippen LogP contribution in [-0.2, 0) is 14.3 Å². The number of hydrogen-bond donors (Lipinski definition) is 1. The van der Waals surface area contributed by atoms with Gasteiger partial charge in [-0.2, -0.15) is 0 Å². The van der Waals surface area contributed by atoms with E-state index in [4.69, 9.17) is 10.5 Å². The fourth-order valence-electron chi connectivity index (χ4n) is 3.71. The summed E-state index contributed by atoms with van der Waals surface area (Å²) >= 11 is 0.